The Labute approximate surface area is 194 Å². The number of benzene rings is 3. The third-order valence-electron chi connectivity index (χ3n) is 5.67. The Bertz CT molecular complexity index is 1330. The van der Waals surface area contributed by atoms with E-state index in [1.165, 1.54) is 12.1 Å². The molecule has 5 nitrogen and oxygen atoms in total. The Balaban J connectivity index is 1.69. The number of nitrogens with two attached hydrogens (primary N) is 1. The van der Waals surface area contributed by atoms with Gasteiger partial charge < -0.3 is 20.6 Å². The van der Waals surface area contributed by atoms with Gasteiger partial charge in [0.1, 0.15) is 6.61 Å². The van der Waals surface area contributed by atoms with Gasteiger partial charge in [-0.3, -0.25) is 4.79 Å². The van der Waals surface area contributed by atoms with Crippen molar-refractivity contribution in [3.8, 4) is 16.9 Å². The molecule has 0 saturated carbocycles. The summed E-state index contributed by atoms with van der Waals surface area (Å²) in [5.74, 6) is -1.11. The standard InChI is InChI=1S/C26H23F3N2O3/c1-15(25(32)33)10-17-11-21(18-4-7-23-19(13-18)8-9-31-23)24(22(30)12-17)34-14-16-2-5-20(6-3-16)26(27,28)29/h2-9,11-13,15,31H,10,14,30H2,1H3,(H,32,33). The maximum Gasteiger partial charge on any atom is 0.416 e. The number of fused-ring (bicyclic) bond motifs is 1. The van der Waals surface area contributed by atoms with Crippen molar-refractivity contribution in [2.24, 2.45) is 5.92 Å². The monoisotopic (exact) mass is 468 g/mol. The number of carbonyl (C=O) groups is 1. The van der Waals surface area contributed by atoms with E-state index in [0.29, 0.717) is 22.6 Å². The van der Waals surface area contributed by atoms with Gasteiger partial charge in [0.2, 0.25) is 0 Å². The summed E-state index contributed by atoms with van der Waals surface area (Å²) in [4.78, 5) is 14.5. The highest BCUT2D eigenvalue weighted by atomic mass is 19.4. The van der Waals surface area contributed by atoms with Crippen molar-refractivity contribution in [2.75, 3.05) is 5.73 Å². The number of carboxylic acid groups (broad SMARTS) is 1. The predicted molar refractivity (Wildman–Crippen MR) is 124 cm³/mol. The molecule has 1 atom stereocenters. The summed E-state index contributed by atoms with van der Waals surface area (Å²) in [5.41, 5.74) is 9.69. The van der Waals surface area contributed by atoms with Crippen LogP contribution in [0, 0.1) is 5.92 Å². The molecule has 0 spiro atoms. The summed E-state index contributed by atoms with van der Waals surface area (Å²) in [7, 11) is 0. The zero-order chi connectivity index (χ0) is 24.5. The molecule has 0 fully saturated rings. The van der Waals surface area contributed by atoms with Gasteiger partial charge in [-0.2, -0.15) is 13.2 Å². The highest BCUT2D eigenvalue weighted by Gasteiger charge is 2.30. The van der Waals surface area contributed by atoms with Gasteiger partial charge in [0.25, 0.3) is 0 Å². The van der Waals surface area contributed by atoms with Crippen LogP contribution in [0.3, 0.4) is 0 Å². The molecule has 0 bridgehead atoms. The molecule has 8 heteroatoms. The number of aromatic nitrogens is 1. The zero-order valence-electron chi connectivity index (χ0n) is 18.3. The minimum absolute atomic E-state index is 0.0204. The summed E-state index contributed by atoms with van der Waals surface area (Å²) in [6, 6.07) is 16.0. The second-order valence-corrected chi connectivity index (χ2v) is 8.27. The number of alkyl halides is 3. The van der Waals surface area contributed by atoms with E-state index in [1.54, 1.807) is 13.0 Å². The normalized spacial score (nSPS) is 12.6. The molecule has 3 aromatic carbocycles. The van der Waals surface area contributed by atoms with E-state index >= 15 is 0 Å². The highest BCUT2D eigenvalue weighted by molar-refractivity contribution is 5.88. The molecule has 4 N–H and O–H groups in total. The van der Waals surface area contributed by atoms with E-state index in [-0.39, 0.29) is 13.0 Å². The highest BCUT2D eigenvalue weighted by Crippen LogP contribution is 2.39. The predicted octanol–water partition coefficient (Wildman–Crippen LogP) is 6.28. The summed E-state index contributed by atoms with van der Waals surface area (Å²) < 4.78 is 44.5. The first-order chi connectivity index (χ1) is 16.1. The van der Waals surface area contributed by atoms with Gasteiger partial charge in [-0.15, -0.1) is 0 Å². The van der Waals surface area contributed by atoms with Gasteiger partial charge in [0, 0.05) is 17.3 Å². The van der Waals surface area contributed by atoms with Gasteiger partial charge in [-0.1, -0.05) is 25.1 Å². The number of H-pyrrole nitrogens is 1. The third-order valence-corrected chi connectivity index (χ3v) is 5.67. The van der Waals surface area contributed by atoms with E-state index in [0.717, 1.165) is 34.2 Å². The number of nitrogens with one attached hydrogen (secondary N) is 1. The summed E-state index contributed by atoms with van der Waals surface area (Å²) in [6.45, 7) is 1.64. The van der Waals surface area contributed by atoms with Crippen LogP contribution in [-0.4, -0.2) is 16.1 Å². The molecular formula is C26H23F3N2O3. The van der Waals surface area contributed by atoms with Crippen LogP contribution in [0.1, 0.15) is 23.6 Å². The van der Waals surface area contributed by atoms with Gasteiger partial charge in [-0.25, -0.2) is 0 Å². The number of aliphatic carboxylic acids is 1. The molecule has 1 heterocycles. The number of nitrogen functional groups attached to an aromatic ring is 1. The lowest BCUT2D eigenvalue weighted by molar-refractivity contribution is -0.141. The van der Waals surface area contributed by atoms with Crippen molar-refractivity contribution in [2.45, 2.75) is 26.1 Å². The van der Waals surface area contributed by atoms with Crippen LogP contribution in [0.15, 0.2) is 66.9 Å². The molecule has 34 heavy (non-hydrogen) atoms. The van der Waals surface area contributed by atoms with E-state index in [9.17, 15) is 23.1 Å². The average Bonchev–Trinajstić information content (AvgIpc) is 3.25. The summed E-state index contributed by atoms with van der Waals surface area (Å²) >= 11 is 0. The molecule has 0 aliphatic heterocycles. The second-order valence-electron chi connectivity index (χ2n) is 8.27. The fourth-order valence-electron chi connectivity index (χ4n) is 3.81. The fraction of sp³-hybridized carbons (Fsp3) is 0.192. The van der Waals surface area contributed by atoms with Gasteiger partial charge >= 0.3 is 12.1 Å². The molecule has 4 rings (SSSR count). The Kier molecular flexibility index (Phi) is 6.24. The average molecular weight is 468 g/mol. The molecule has 0 amide bonds. The molecule has 0 aliphatic carbocycles. The first kappa shape index (κ1) is 23.2. The van der Waals surface area contributed by atoms with E-state index in [2.05, 4.69) is 4.98 Å². The maximum absolute atomic E-state index is 12.8. The molecule has 4 aromatic rings. The first-order valence-corrected chi connectivity index (χ1v) is 10.6. The molecular weight excluding hydrogens is 445 g/mol. The molecule has 0 saturated heterocycles. The first-order valence-electron chi connectivity index (χ1n) is 10.6. The van der Waals surface area contributed by atoms with Crippen LogP contribution >= 0.6 is 0 Å². The van der Waals surface area contributed by atoms with E-state index in [4.69, 9.17) is 10.5 Å². The van der Waals surface area contributed by atoms with Gasteiger partial charge in [-0.05, 0) is 71.0 Å². The SMILES string of the molecule is CC(Cc1cc(N)c(OCc2ccc(C(F)(F)F)cc2)c(-c2ccc3[nH]ccc3c2)c1)C(=O)O. The maximum atomic E-state index is 12.8. The number of hydrogen-bond donors (Lipinski definition) is 3. The zero-order valence-corrected chi connectivity index (χ0v) is 18.3. The largest absolute Gasteiger partial charge is 0.486 e. The fourth-order valence-corrected chi connectivity index (χ4v) is 3.81. The number of ether oxygens (including phenoxy) is 1. The van der Waals surface area contributed by atoms with E-state index in [1.807, 2.05) is 36.5 Å². The van der Waals surface area contributed by atoms with Crippen molar-refractivity contribution in [3.05, 3.63) is 83.6 Å². The number of aromatic amines is 1. The Morgan fingerprint density at radius 3 is 2.47 bits per heavy atom. The molecule has 0 aliphatic rings. The summed E-state index contributed by atoms with van der Waals surface area (Å²) in [6.07, 6.45) is -2.29. The lowest BCUT2D eigenvalue weighted by Gasteiger charge is -2.18. The molecule has 1 aromatic heterocycles. The third kappa shape index (κ3) is 5.01. The van der Waals surface area contributed by atoms with Crippen LogP contribution in [0.25, 0.3) is 22.0 Å². The summed E-state index contributed by atoms with van der Waals surface area (Å²) in [5, 5.41) is 10.3. The van der Waals surface area contributed by atoms with Gasteiger partial charge in [0.05, 0.1) is 17.2 Å². The number of carboxylic acids is 1. The Morgan fingerprint density at radius 2 is 1.79 bits per heavy atom. The van der Waals surface area contributed by atoms with Crippen molar-refractivity contribution in [3.63, 3.8) is 0 Å². The smallest absolute Gasteiger partial charge is 0.416 e. The van der Waals surface area contributed by atoms with Crippen molar-refractivity contribution < 1.29 is 27.8 Å². The van der Waals surface area contributed by atoms with Crippen LogP contribution in [0.5, 0.6) is 5.75 Å². The van der Waals surface area contributed by atoms with Gasteiger partial charge in [0.15, 0.2) is 5.75 Å². The van der Waals surface area contributed by atoms with Crippen molar-refractivity contribution in [1.82, 2.24) is 4.98 Å². The lowest BCUT2D eigenvalue weighted by Crippen LogP contribution is -2.12. The second kappa shape index (κ2) is 9.13. The lowest BCUT2D eigenvalue weighted by atomic mass is 9.95. The topological polar surface area (TPSA) is 88.3 Å². The number of rotatable bonds is 7. The minimum atomic E-state index is -4.41. The van der Waals surface area contributed by atoms with E-state index < -0.39 is 23.6 Å². The Morgan fingerprint density at radius 1 is 1.06 bits per heavy atom. The number of anilines is 1. The number of hydrogen-bond acceptors (Lipinski definition) is 3. The van der Waals surface area contributed by atoms with Crippen molar-refractivity contribution >= 4 is 22.6 Å². The van der Waals surface area contributed by atoms with Crippen molar-refractivity contribution in [1.29, 1.82) is 0 Å². The molecule has 0 radical (unpaired) electrons. The minimum Gasteiger partial charge on any atom is -0.486 e. The van der Waals surface area contributed by atoms with Crippen LogP contribution in [0.2, 0.25) is 0 Å². The van der Waals surface area contributed by atoms with Crippen LogP contribution in [-0.2, 0) is 24.0 Å². The molecule has 1 unspecified atom stereocenters. The Hall–Kier alpha value is -3.94. The number of halogens is 3. The van der Waals surface area contributed by atoms with Crippen LogP contribution < -0.4 is 10.5 Å². The molecule has 176 valence electrons. The van der Waals surface area contributed by atoms with Crippen LogP contribution in [0.4, 0.5) is 18.9 Å². The quantitative estimate of drug-likeness (QED) is 0.279.